The number of halogens is 1. The molecule has 3 heterocycles. The number of ether oxygens (including phenoxy) is 2. The Kier molecular flexibility index (Phi) is 12.5. The number of aliphatic hydroxyl groups excluding tert-OH is 1. The lowest BCUT2D eigenvalue weighted by molar-refractivity contribution is 0.0589. The number of aryl methyl sites for hydroxylation is 2. The Labute approximate surface area is 346 Å². The number of esters is 1. The molecule has 302 valence electrons. The van der Waals surface area contributed by atoms with Crippen molar-refractivity contribution in [2.75, 3.05) is 20.8 Å². The maximum atomic E-state index is 16.5. The van der Waals surface area contributed by atoms with Crippen LogP contribution in [0.3, 0.4) is 0 Å². The molecule has 0 saturated heterocycles. The molecule has 0 fully saturated rings. The summed E-state index contributed by atoms with van der Waals surface area (Å²) in [4.78, 5) is 14.2. The smallest absolute Gasteiger partial charge is 0.354 e. The summed E-state index contributed by atoms with van der Waals surface area (Å²) in [6.45, 7) is 6.60. The zero-order valence-corrected chi connectivity index (χ0v) is 35.2. The number of rotatable bonds is 16. The van der Waals surface area contributed by atoms with Crippen LogP contribution in [0.2, 0.25) is 0 Å². The summed E-state index contributed by atoms with van der Waals surface area (Å²) >= 11 is 3.32. The highest BCUT2D eigenvalue weighted by Gasteiger charge is 2.29. The van der Waals surface area contributed by atoms with Gasteiger partial charge in [-0.1, -0.05) is 36.4 Å². The van der Waals surface area contributed by atoms with Gasteiger partial charge < -0.3 is 24.3 Å². The van der Waals surface area contributed by atoms with E-state index in [1.165, 1.54) is 13.2 Å². The van der Waals surface area contributed by atoms with E-state index in [0.29, 0.717) is 64.5 Å². The van der Waals surface area contributed by atoms with Gasteiger partial charge in [0.05, 0.1) is 37.7 Å². The van der Waals surface area contributed by atoms with Gasteiger partial charge >= 0.3 is 5.97 Å². The van der Waals surface area contributed by atoms with Crippen molar-refractivity contribution >= 4 is 51.2 Å². The molecule has 3 aromatic heterocycles. The molecule has 4 aromatic carbocycles. The number of aromatic hydroxyl groups is 1. The Balaban J connectivity index is 1.22. The van der Waals surface area contributed by atoms with Crippen molar-refractivity contribution in [1.82, 2.24) is 24.1 Å². The lowest BCUT2D eigenvalue weighted by Gasteiger charge is -2.11. The van der Waals surface area contributed by atoms with E-state index in [9.17, 15) is 15.0 Å². The lowest BCUT2D eigenvalue weighted by Crippen LogP contribution is -2.10. The van der Waals surface area contributed by atoms with Crippen LogP contribution in [-0.2, 0) is 42.0 Å². The highest BCUT2D eigenvalue weighted by atomic mass is 32.2. The molecule has 2 N–H and O–H groups in total. The second kappa shape index (κ2) is 17.7. The van der Waals surface area contributed by atoms with Gasteiger partial charge in [-0.25, -0.2) is 9.18 Å². The Morgan fingerprint density at radius 1 is 0.931 bits per heavy atom. The van der Waals surface area contributed by atoms with Gasteiger partial charge in [0, 0.05) is 75.1 Å². The molecule has 0 aliphatic carbocycles. The maximum Gasteiger partial charge on any atom is 0.354 e. The molecule has 58 heavy (non-hydrogen) atoms. The first-order valence-electron chi connectivity index (χ1n) is 19.2. The quantitative estimate of drug-likeness (QED) is 0.0726. The number of fused-ring (bicyclic) bond motifs is 2. The number of phenolic OH excluding ortho intramolecular Hbond substituents is 1. The van der Waals surface area contributed by atoms with Crippen molar-refractivity contribution in [3.8, 4) is 22.6 Å². The fourth-order valence-corrected chi connectivity index (χ4v) is 9.45. The van der Waals surface area contributed by atoms with Gasteiger partial charge in [-0.3, -0.25) is 9.36 Å². The molecule has 13 heteroatoms. The molecular formula is C45H48FN5O5S2. The largest absolute Gasteiger partial charge is 0.507 e. The third-order valence-electron chi connectivity index (χ3n) is 10.4. The van der Waals surface area contributed by atoms with Crippen molar-refractivity contribution in [2.45, 2.75) is 68.4 Å². The van der Waals surface area contributed by atoms with Crippen molar-refractivity contribution in [3.05, 3.63) is 124 Å². The third kappa shape index (κ3) is 8.21. The van der Waals surface area contributed by atoms with Crippen molar-refractivity contribution in [2.24, 2.45) is 7.05 Å². The first-order valence-corrected chi connectivity index (χ1v) is 21.3. The first-order chi connectivity index (χ1) is 28.0. The van der Waals surface area contributed by atoms with Gasteiger partial charge in [0.25, 0.3) is 0 Å². The molecule has 0 saturated carbocycles. The molecule has 0 aliphatic heterocycles. The van der Waals surface area contributed by atoms with Gasteiger partial charge in [-0.2, -0.15) is 10.2 Å². The number of methoxy groups -OCH3 is 2. The summed E-state index contributed by atoms with van der Waals surface area (Å²) < 4.78 is 32.7. The molecule has 0 aliphatic rings. The number of carbonyl (C=O) groups is 1. The second-order valence-corrected chi connectivity index (χ2v) is 16.6. The predicted molar refractivity (Wildman–Crippen MR) is 230 cm³/mol. The zero-order valence-electron chi connectivity index (χ0n) is 33.6. The molecule has 10 nitrogen and oxygen atoms in total. The van der Waals surface area contributed by atoms with Crippen LogP contribution in [0.15, 0.2) is 83.8 Å². The minimum absolute atomic E-state index is 0.0472. The van der Waals surface area contributed by atoms with E-state index >= 15 is 4.39 Å². The molecule has 0 bridgehead atoms. The molecule has 0 unspecified atom stereocenters. The zero-order chi connectivity index (χ0) is 41.1. The van der Waals surface area contributed by atoms with Gasteiger partial charge in [0.15, 0.2) is 0 Å². The normalized spacial score (nSPS) is 11.7. The fourth-order valence-electron chi connectivity index (χ4n) is 7.67. The monoisotopic (exact) mass is 821 g/mol. The second-order valence-electron chi connectivity index (χ2n) is 14.5. The Hall–Kier alpha value is -5.24. The standard InChI is InChI=1S/C45H48FN5O5S2/c1-27(2)51-32(25-58-34-20-30-10-7-8-11-35(30)40(53)22-34)21-31(47-51)24-57-26-39-41(28(3)50(48-39)23-29-13-15-33(55-5)16-14-29)42-38(46)18-17-37-36(12-9-19-52)44(45(54)56-6)49(4)43(37)42/h7-8,10-11,13-18,20-22,27,52-53H,9,12,19,23-26H2,1-6H3. The van der Waals surface area contributed by atoms with Crippen LogP contribution in [0, 0.1) is 12.7 Å². The minimum Gasteiger partial charge on any atom is -0.507 e. The highest BCUT2D eigenvalue weighted by molar-refractivity contribution is 7.98. The molecule has 7 aromatic rings. The summed E-state index contributed by atoms with van der Waals surface area (Å²) in [5.41, 5.74) is 7.21. The van der Waals surface area contributed by atoms with E-state index < -0.39 is 11.8 Å². The molecule has 0 spiro atoms. The van der Waals surface area contributed by atoms with Gasteiger partial charge in [-0.05, 0) is 92.6 Å². The average Bonchev–Trinajstić information content (AvgIpc) is 3.87. The fraction of sp³-hybridized carbons (Fsp3) is 0.311. The number of benzene rings is 4. The van der Waals surface area contributed by atoms with E-state index in [-0.39, 0.29) is 18.4 Å². The molecule has 0 radical (unpaired) electrons. The summed E-state index contributed by atoms with van der Waals surface area (Å²) in [5.74, 6) is 1.84. The third-order valence-corrected chi connectivity index (χ3v) is 12.4. The van der Waals surface area contributed by atoms with E-state index in [1.54, 1.807) is 48.3 Å². The van der Waals surface area contributed by atoms with E-state index in [2.05, 4.69) is 30.7 Å². The number of thioether (sulfide) groups is 2. The molecule has 7 rings (SSSR count). The Morgan fingerprint density at radius 3 is 2.43 bits per heavy atom. The Morgan fingerprint density at radius 2 is 1.71 bits per heavy atom. The summed E-state index contributed by atoms with van der Waals surface area (Å²) in [6, 6.07) is 25.0. The van der Waals surface area contributed by atoms with E-state index in [1.807, 2.05) is 66.2 Å². The van der Waals surface area contributed by atoms with Gasteiger partial charge in [0.2, 0.25) is 0 Å². The number of aliphatic hydroxyl groups is 1. The van der Waals surface area contributed by atoms with Crippen LogP contribution in [0.4, 0.5) is 4.39 Å². The van der Waals surface area contributed by atoms with Crippen LogP contribution in [0.1, 0.15) is 70.7 Å². The lowest BCUT2D eigenvalue weighted by atomic mass is 9.98. The number of aromatic nitrogens is 5. The molecular weight excluding hydrogens is 774 g/mol. The molecule has 0 amide bonds. The topological polar surface area (TPSA) is 117 Å². The van der Waals surface area contributed by atoms with E-state index in [0.717, 1.165) is 55.1 Å². The number of nitrogens with zero attached hydrogens (tertiary/aromatic N) is 5. The summed E-state index contributed by atoms with van der Waals surface area (Å²) in [7, 11) is 4.73. The predicted octanol–water partition coefficient (Wildman–Crippen LogP) is 9.62. The highest BCUT2D eigenvalue weighted by Crippen LogP contribution is 2.41. The number of hydrogen-bond acceptors (Lipinski definition) is 9. The van der Waals surface area contributed by atoms with Crippen molar-refractivity contribution < 1.29 is 28.9 Å². The van der Waals surface area contributed by atoms with Crippen LogP contribution in [0.25, 0.3) is 32.8 Å². The van der Waals surface area contributed by atoms with Crippen LogP contribution in [0.5, 0.6) is 11.5 Å². The SMILES string of the molecule is COC(=O)c1c(CCCO)c2ccc(F)c(-c3c(CSCc4cc(CSc5cc(O)c6ccccc6c5)n(C(C)C)n4)nn(Cc4ccc(OC)cc4)c3C)c2n1C. The van der Waals surface area contributed by atoms with Gasteiger partial charge in [0.1, 0.15) is 23.0 Å². The van der Waals surface area contributed by atoms with Crippen LogP contribution in [-0.4, -0.2) is 61.1 Å². The van der Waals surface area contributed by atoms with E-state index in [4.69, 9.17) is 19.7 Å². The molecule has 0 atom stereocenters. The average molecular weight is 822 g/mol. The van der Waals surface area contributed by atoms with Crippen molar-refractivity contribution in [3.63, 3.8) is 0 Å². The maximum absolute atomic E-state index is 16.5. The van der Waals surface area contributed by atoms with Crippen LogP contribution < -0.4 is 4.74 Å². The van der Waals surface area contributed by atoms with Gasteiger partial charge in [-0.15, -0.1) is 23.5 Å². The minimum atomic E-state index is -0.519. The Bertz CT molecular complexity index is 2600. The number of carbonyl (C=O) groups excluding carboxylic acids is 1. The first kappa shape index (κ1) is 40.9. The number of phenols is 1. The number of hydrogen-bond donors (Lipinski definition) is 2. The summed E-state index contributed by atoms with van der Waals surface area (Å²) in [5, 5.41) is 33.0. The van der Waals surface area contributed by atoms with Crippen molar-refractivity contribution in [1.29, 1.82) is 0 Å². The summed E-state index contributed by atoms with van der Waals surface area (Å²) in [6.07, 6.45) is 0.868. The van der Waals surface area contributed by atoms with Crippen LogP contribution >= 0.6 is 23.5 Å².